The molecule has 0 amide bonds. The summed E-state index contributed by atoms with van der Waals surface area (Å²) in [6, 6.07) is 0. The number of thioether (sulfide) groups is 1. The van der Waals surface area contributed by atoms with E-state index < -0.39 is 22.5 Å². The summed E-state index contributed by atoms with van der Waals surface area (Å²) >= 11 is 7.43. The SMILES string of the molecule is CSCC(=O)O[C@]1(C(=O)CCl)CC[C@H]2[C@@H]3CCC4=CC(=O)C[C@@H](O)[C@]4(C)[C@H]3CC[C@@]21C. The maximum atomic E-state index is 13.2. The lowest BCUT2D eigenvalue weighted by molar-refractivity contribution is -0.188. The third kappa shape index (κ3) is 3.26. The van der Waals surface area contributed by atoms with Crippen LogP contribution in [-0.2, 0) is 19.1 Å². The van der Waals surface area contributed by atoms with Crippen LogP contribution in [0.1, 0.15) is 58.8 Å². The van der Waals surface area contributed by atoms with Crippen molar-refractivity contribution in [3.05, 3.63) is 11.6 Å². The Hall–Kier alpha value is -0.850. The molecule has 4 rings (SSSR count). The van der Waals surface area contributed by atoms with Gasteiger partial charge in [0.25, 0.3) is 0 Å². The number of rotatable bonds is 5. The number of carbonyl (C=O) groups is 3. The minimum Gasteiger partial charge on any atom is -0.450 e. The van der Waals surface area contributed by atoms with Gasteiger partial charge in [0.2, 0.25) is 0 Å². The van der Waals surface area contributed by atoms with E-state index in [0.29, 0.717) is 12.3 Å². The summed E-state index contributed by atoms with van der Waals surface area (Å²) in [7, 11) is 0. The topological polar surface area (TPSA) is 80.7 Å². The molecule has 0 heterocycles. The lowest BCUT2D eigenvalue weighted by atomic mass is 9.45. The second-order valence-corrected chi connectivity index (χ2v) is 11.5. The van der Waals surface area contributed by atoms with Crippen molar-refractivity contribution < 1.29 is 24.2 Å². The van der Waals surface area contributed by atoms with Crippen LogP contribution in [0.5, 0.6) is 0 Å². The Morgan fingerprint density at radius 2 is 1.94 bits per heavy atom. The van der Waals surface area contributed by atoms with Gasteiger partial charge < -0.3 is 9.84 Å². The van der Waals surface area contributed by atoms with E-state index in [0.717, 1.165) is 37.7 Å². The van der Waals surface area contributed by atoms with Gasteiger partial charge in [-0.05, 0) is 68.6 Å². The summed E-state index contributed by atoms with van der Waals surface area (Å²) in [6.07, 6.45) is 7.81. The molecule has 3 saturated carbocycles. The van der Waals surface area contributed by atoms with Gasteiger partial charge in [-0.15, -0.1) is 11.6 Å². The number of carbonyl (C=O) groups excluding carboxylic acids is 3. The number of hydrogen-bond acceptors (Lipinski definition) is 6. The molecule has 7 atom stereocenters. The smallest absolute Gasteiger partial charge is 0.316 e. The van der Waals surface area contributed by atoms with Crippen molar-refractivity contribution in [1.29, 1.82) is 0 Å². The van der Waals surface area contributed by atoms with E-state index in [1.54, 1.807) is 6.08 Å². The Labute approximate surface area is 193 Å². The van der Waals surface area contributed by atoms with Crippen molar-refractivity contribution in [3.8, 4) is 0 Å². The molecule has 0 radical (unpaired) electrons. The van der Waals surface area contributed by atoms with E-state index in [9.17, 15) is 19.5 Å². The minimum atomic E-state index is -1.16. The second kappa shape index (κ2) is 8.18. The van der Waals surface area contributed by atoms with E-state index in [-0.39, 0.29) is 47.4 Å². The molecule has 0 aromatic carbocycles. The summed E-state index contributed by atoms with van der Waals surface area (Å²) in [5.41, 5.74) is -0.917. The molecule has 0 aromatic rings. The van der Waals surface area contributed by atoms with Gasteiger partial charge in [-0.25, -0.2) is 0 Å². The van der Waals surface area contributed by atoms with Gasteiger partial charge in [-0.1, -0.05) is 19.4 Å². The Balaban J connectivity index is 1.70. The van der Waals surface area contributed by atoms with Gasteiger partial charge in [0, 0.05) is 17.3 Å². The van der Waals surface area contributed by atoms with Crippen LogP contribution in [-0.4, -0.2) is 52.2 Å². The highest BCUT2D eigenvalue weighted by atomic mass is 35.5. The number of hydrogen-bond donors (Lipinski definition) is 1. The molecule has 0 spiro atoms. The maximum absolute atomic E-state index is 13.2. The predicted molar refractivity (Wildman–Crippen MR) is 121 cm³/mol. The number of halogens is 1. The third-order valence-electron chi connectivity index (χ3n) is 9.31. The third-order valence-corrected chi connectivity index (χ3v) is 10.1. The fourth-order valence-corrected chi connectivity index (χ4v) is 8.25. The zero-order chi connectivity index (χ0) is 22.6. The summed E-state index contributed by atoms with van der Waals surface area (Å²) < 4.78 is 6.01. The van der Waals surface area contributed by atoms with Crippen molar-refractivity contribution >= 4 is 40.9 Å². The molecule has 31 heavy (non-hydrogen) atoms. The molecule has 5 nitrogen and oxygen atoms in total. The Kier molecular flexibility index (Phi) is 6.15. The first kappa shape index (κ1) is 23.3. The molecule has 1 N–H and O–H groups in total. The van der Waals surface area contributed by atoms with Crippen molar-refractivity contribution in [2.24, 2.45) is 28.6 Å². The summed E-state index contributed by atoms with van der Waals surface area (Å²) in [5.74, 6) is 0.363. The fourth-order valence-electron chi connectivity index (χ4n) is 7.74. The van der Waals surface area contributed by atoms with Crippen LogP contribution < -0.4 is 0 Å². The van der Waals surface area contributed by atoms with Gasteiger partial charge in [0.1, 0.15) is 0 Å². The first-order valence-electron chi connectivity index (χ1n) is 11.4. The molecular formula is C24H33ClO5S. The Morgan fingerprint density at radius 3 is 2.61 bits per heavy atom. The highest BCUT2D eigenvalue weighted by Gasteiger charge is 2.69. The van der Waals surface area contributed by atoms with E-state index in [4.69, 9.17) is 16.3 Å². The normalized spacial score (nSPS) is 44.0. The lowest BCUT2D eigenvalue weighted by Gasteiger charge is -2.60. The number of aliphatic hydroxyl groups excluding tert-OH is 1. The molecule has 0 aromatic heterocycles. The average molecular weight is 469 g/mol. The van der Waals surface area contributed by atoms with E-state index >= 15 is 0 Å². The molecule has 7 heteroatoms. The number of esters is 1. The van der Waals surface area contributed by atoms with Gasteiger partial charge in [0.05, 0.1) is 17.7 Å². The lowest BCUT2D eigenvalue weighted by Crippen LogP contribution is -2.61. The molecule has 0 unspecified atom stereocenters. The number of ketones is 2. The van der Waals surface area contributed by atoms with Crippen LogP contribution >= 0.6 is 23.4 Å². The van der Waals surface area contributed by atoms with Crippen LogP contribution in [0, 0.1) is 28.6 Å². The minimum absolute atomic E-state index is 0.0207. The van der Waals surface area contributed by atoms with Crippen molar-refractivity contribution in [1.82, 2.24) is 0 Å². The molecule has 3 fully saturated rings. The first-order valence-corrected chi connectivity index (χ1v) is 13.3. The molecule has 0 bridgehead atoms. The quantitative estimate of drug-likeness (QED) is 0.486. The van der Waals surface area contributed by atoms with E-state index in [1.807, 2.05) is 6.26 Å². The van der Waals surface area contributed by atoms with Crippen molar-refractivity contribution in [2.45, 2.75) is 70.5 Å². The van der Waals surface area contributed by atoms with Gasteiger partial charge in [0.15, 0.2) is 17.2 Å². The molecule has 0 saturated heterocycles. The van der Waals surface area contributed by atoms with Crippen LogP contribution in [0.15, 0.2) is 11.6 Å². The zero-order valence-corrected chi connectivity index (χ0v) is 20.2. The highest BCUT2D eigenvalue weighted by Crippen LogP contribution is 2.68. The number of ether oxygens (including phenoxy) is 1. The highest BCUT2D eigenvalue weighted by molar-refractivity contribution is 7.99. The van der Waals surface area contributed by atoms with Crippen LogP contribution in [0.2, 0.25) is 0 Å². The van der Waals surface area contributed by atoms with E-state index in [2.05, 4.69) is 13.8 Å². The summed E-state index contributed by atoms with van der Waals surface area (Å²) in [4.78, 5) is 37.8. The Bertz CT molecular complexity index is 827. The second-order valence-electron chi connectivity index (χ2n) is 10.3. The van der Waals surface area contributed by atoms with Crippen LogP contribution in [0.25, 0.3) is 0 Å². The Morgan fingerprint density at radius 1 is 1.23 bits per heavy atom. The molecule has 0 aliphatic heterocycles. The number of aliphatic hydroxyl groups is 1. The molecule has 172 valence electrons. The molecule has 4 aliphatic rings. The number of alkyl halides is 1. The van der Waals surface area contributed by atoms with Crippen LogP contribution in [0.3, 0.4) is 0 Å². The zero-order valence-electron chi connectivity index (χ0n) is 18.6. The summed E-state index contributed by atoms with van der Waals surface area (Å²) in [5, 5.41) is 11.0. The molecule has 4 aliphatic carbocycles. The largest absolute Gasteiger partial charge is 0.450 e. The first-order chi connectivity index (χ1) is 14.6. The van der Waals surface area contributed by atoms with Crippen molar-refractivity contribution in [2.75, 3.05) is 17.9 Å². The van der Waals surface area contributed by atoms with Gasteiger partial charge in [-0.3, -0.25) is 14.4 Å². The predicted octanol–water partition coefficient (Wildman–Crippen LogP) is 3.94. The van der Waals surface area contributed by atoms with Gasteiger partial charge >= 0.3 is 5.97 Å². The van der Waals surface area contributed by atoms with Crippen LogP contribution in [0.4, 0.5) is 0 Å². The maximum Gasteiger partial charge on any atom is 0.316 e. The fraction of sp³-hybridized carbons (Fsp3) is 0.792. The van der Waals surface area contributed by atoms with Gasteiger partial charge in [-0.2, -0.15) is 11.8 Å². The standard InChI is InChI=1S/C24H33ClO5S/c1-22-8-6-18-16(5-4-14-10-15(26)11-19(27)23(14,18)2)17(22)7-9-24(22,20(28)12-25)30-21(29)13-31-3/h10,16-19,27H,4-9,11-13H2,1-3H3/t16-,17-,18-,19+,22-,23-,24-/m0/s1. The monoisotopic (exact) mass is 468 g/mol. The molecular weight excluding hydrogens is 436 g/mol. The summed E-state index contributed by atoms with van der Waals surface area (Å²) in [6.45, 7) is 4.24. The average Bonchev–Trinajstić information content (AvgIpc) is 3.02. The van der Waals surface area contributed by atoms with Crippen molar-refractivity contribution in [3.63, 3.8) is 0 Å². The number of fused-ring (bicyclic) bond motifs is 5. The van der Waals surface area contributed by atoms with E-state index in [1.165, 1.54) is 11.8 Å². The number of Topliss-reactive ketones (excluding diaryl/α,β-unsaturated/α-hetero) is 1.